The normalized spacial score (nSPS) is 15.0. The number of nitrogens with zero attached hydrogens (tertiary/aromatic N) is 2. The lowest BCUT2D eigenvalue weighted by Crippen LogP contribution is -2.30. The van der Waals surface area contributed by atoms with Crippen molar-refractivity contribution >= 4 is 22.8 Å². The van der Waals surface area contributed by atoms with E-state index >= 15 is 0 Å². The summed E-state index contributed by atoms with van der Waals surface area (Å²) < 4.78 is 5.60. The Morgan fingerprint density at radius 1 is 1.25 bits per heavy atom. The van der Waals surface area contributed by atoms with E-state index in [0.717, 1.165) is 42.5 Å². The van der Waals surface area contributed by atoms with Gasteiger partial charge in [-0.2, -0.15) is 0 Å². The van der Waals surface area contributed by atoms with Gasteiger partial charge in [0.1, 0.15) is 10.8 Å². The summed E-state index contributed by atoms with van der Waals surface area (Å²) in [6.07, 6.45) is 2.77. The fourth-order valence-corrected chi connectivity index (χ4v) is 4.09. The molecule has 0 spiro atoms. The number of benzene rings is 1. The van der Waals surface area contributed by atoms with Gasteiger partial charge in [-0.05, 0) is 37.6 Å². The zero-order chi connectivity index (χ0) is 19.3. The highest BCUT2D eigenvalue weighted by molar-refractivity contribution is 7.09. The molecule has 144 valence electrons. The molecule has 0 saturated heterocycles. The molecule has 1 amide bonds. The highest BCUT2D eigenvalue weighted by Crippen LogP contribution is 2.27. The monoisotopic (exact) mass is 393 g/mol. The Balaban J connectivity index is 1.33. The van der Waals surface area contributed by atoms with Crippen LogP contribution in [0.1, 0.15) is 40.2 Å². The van der Waals surface area contributed by atoms with Crippen LogP contribution in [-0.4, -0.2) is 28.9 Å². The number of thiazole rings is 1. The van der Waals surface area contributed by atoms with Crippen LogP contribution in [0.2, 0.25) is 0 Å². The van der Waals surface area contributed by atoms with Gasteiger partial charge in [0.25, 0.3) is 5.91 Å². The molecular formula is C22H23N3O2S. The van der Waals surface area contributed by atoms with Gasteiger partial charge >= 0.3 is 0 Å². The Morgan fingerprint density at radius 3 is 2.89 bits per heavy atom. The van der Waals surface area contributed by atoms with Crippen LogP contribution in [-0.2, 0) is 13.1 Å². The van der Waals surface area contributed by atoms with E-state index in [4.69, 9.17) is 9.40 Å². The van der Waals surface area contributed by atoms with Crippen LogP contribution in [0.5, 0.6) is 0 Å². The molecule has 1 aromatic carbocycles. The fourth-order valence-electron chi connectivity index (χ4n) is 3.37. The molecule has 0 unspecified atom stereocenters. The Labute approximate surface area is 168 Å². The minimum absolute atomic E-state index is 0.0721. The summed E-state index contributed by atoms with van der Waals surface area (Å²) in [4.78, 5) is 19.3. The molecule has 1 aliphatic rings. The molecule has 0 fully saturated rings. The summed E-state index contributed by atoms with van der Waals surface area (Å²) >= 11 is 1.59. The largest absolute Gasteiger partial charge is 0.465 e. The van der Waals surface area contributed by atoms with E-state index < -0.39 is 0 Å². The second kappa shape index (κ2) is 8.54. The van der Waals surface area contributed by atoms with E-state index in [0.29, 0.717) is 12.1 Å². The molecule has 0 saturated carbocycles. The van der Waals surface area contributed by atoms with Crippen molar-refractivity contribution < 1.29 is 9.21 Å². The fraction of sp³-hybridized carbons (Fsp3) is 0.273. The van der Waals surface area contributed by atoms with Crippen LogP contribution in [0.3, 0.4) is 0 Å². The highest BCUT2D eigenvalue weighted by atomic mass is 32.1. The zero-order valence-electron chi connectivity index (χ0n) is 15.9. The predicted octanol–water partition coefficient (Wildman–Crippen LogP) is 4.35. The van der Waals surface area contributed by atoms with Gasteiger partial charge in [0, 0.05) is 36.2 Å². The quantitative estimate of drug-likeness (QED) is 0.677. The van der Waals surface area contributed by atoms with Gasteiger partial charge in [-0.25, -0.2) is 4.98 Å². The van der Waals surface area contributed by atoms with Crippen LogP contribution in [0.15, 0.2) is 64.1 Å². The smallest absolute Gasteiger partial charge is 0.251 e. The minimum Gasteiger partial charge on any atom is -0.465 e. The lowest BCUT2D eigenvalue weighted by molar-refractivity contribution is 0.0951. The Kier molecular flexibility index (Phi) is 5.69. The van der Waals surface area contributed by atoms with Crippen molar-refractivity contribution in [1.29, 1.82) is 0 Å². The van der Waals surface area contributed by atoms with Gasteiger partial charge in [0.15, 0.2) is 0 Å². The number of hydrogen-bond donors (Lipinski definition) is 1. The number of aromatic nitrogens is 1. The Morgan fingerprint density at radius 2 is 2.11 bits per heavy atom. The third kappa shape index (κ3) is 4.40. The van der Waals surface area contributed by atoms with Crippen molar-refractivity contribution in [3.63, 3.8) is 0 Å². The molecule has 0 atom stereocenters. The Bertz CT molecular complexity index is 961. The van der Waals surface area contributed by atoms with Crippen LogP contribution >= 0.6 is 11.3 Å². The second-order valence-electron chi connectivity index (χ2n) is 6.98. The average Bonchev–Trinajstić information content (AvgIpc) is 3.40. The van der Waals surface area contributed by atoms with E-state index in [2.05, 4.69) is 22.5 Å². The summed E-state index contributed by atoms with van der Waals surface area (Å²) in [6.45, 7) is 5.34. The number of furan rings is 1. The lowest BCUT2D eigenvalue weighted by atomic mass is 9.99. The predicted molar refractivity (Wildman–Crippen MR) is 111 cm³/mol. The third-order valence-electron chi connectivity index (χ3n) is 4.94. The first-order valence-electron chi connectivity index (χ1n) is 9.40. The van der Waals surface area contributed by atoms with Crippen LogP contribution in [0.4, 0.5) is 0 Å². The topological polar surface area (TPSA) is 58.4 Å². The molecule has 28 heavy (non-hydrogen) atoms. The van der Waals surface area contributed by atoms with Gasteiger partial charge < -0.3 is 9.73 Å². The molecule has 0 radical (unpaired) electrons. The molecule has 5 nitrogen and oxygen atoms in total. The van der Waals surface area contributed by atoms with Gasteiger partial charge in [0.2, 0.25) is 0 Å². The summed E-state index contributed by atoms with van der Waals surface area (Å²) in [7, 11) is 0. The molecule has 1 aliphatic heterocycles. The van der Waals surface area contributed by atoms with Crippen molar-refractivity contribution in [2.24, 2.45) is 0 Å². The van der Waals surface area contributed by atoms with Gasteiger partial charge in [-0.15, -0.1) is 11.3 Å². The first-order valence-corrected chi connectivity index (χ1v) is 10.3. The summed E-state index contributed by atoms with van der Waals surface area (Å²) in [5.74, 6) is 0.891. The first kappa shape index (κ1) is 18.7. The zero-order valence-corrected chi connectivity index (χ0v) is 16.7. The van der Waals surface area contributed by atoms with Crippen molar-refractivity contribution in [2.75, 3.05) is 13.1 Å². The van der Waals surface area contributed by atoms with Gasteiger partial charge in [-0.1, -0.05) is 23.8 Å². The minimum atomic E-state index is -0.0721. The SMILES string of the molecule is CC1=C(c2ccco2)CN(Cc2csc(CNC(=O)c3ccccc3)n2)CC1. The van der Waals surface area contributed by atoms with Gasteiger partial charge in [0.05, 0.1) is 18.5 Å². The molecule has 3 aromatic rings. The average molecular weight is 394 g/mol. The number of rotatable bonds is 6. The highest BCUT2D eigenvalue weighted by Gasteiger charge is 2.20. The number of carbonyl (C=O) groups is 1. The van der Waals surface area contributed by atoms with Crippen LogP contribution < -0.4 is 5.32 Å². The number of hydrogen-bond acceptors (Lipinski definition) is 5. The van der Waals surface area contributed by atoms with Crippen molar-refractivity contribution in [3.8, 4) is 0 Å². The van der Waals surface area contributed by atoms with Crippen molar-refractivity contribution in [1.82, 2.24) is 15.2 Å². The molecule has 4 rings (SSSR count). The van der Waals surface area contributed by atoms with Crippen molar-refractivity contribution in [2.45, 2.75) is 26.4 Å². The van der Waals surface area contributed by atoms with Crippen LogP contribution in [0, 0.1) is 0 Å². The number of amides is 1. The van der Waals surface area contributed by atoms with E-state index in [1.165, 1.54) is 11.1 Å². The molecule has 3 heterocycles. The molecule has 1 N–H and O–H groups in total. The molecular weight excluding hydrogens is 370 g/mol. The maximum atomic E-state index is 12.2. The van der Waals surface area contributed by atoms with Gasteiger partial charge in [-0.3, -0.25) is 9.69 Å². The maximum absolute atomic E-state index is 12.2. The molecule has 0 aliphatic carbocycles. The Hall–Kier alpha value is -2.70. The number of nitrogens with one attached hydrogen (secondary N) is 1. The molecule has 6 heteroatoms. The van der Waals surface area contributed by atoms with E-state index in [-0.39, 0.29) is 5.91 Å². The number of carbonyl (C=O) groups excluding carboxylic acids is 1. The molecule has 2 aromatic heterocycles. The maximum Gasteiger partial charge on any atom is 0.251 e. The lowest BCUT2D eigenvalue weighted by Gasteiger charge is -2.28. The summed E-state index contributed by atoms with van der Waals surface area (Å²) in [5, 5.41) is 5.95. The standard InChI is InChI=1S/C22H23N3O2S/c1-16-9-10-25(14-19(16)20-8-5-11-27-20)13-18-15-28-21(24-18)12-23-22(26)17-6-3-2-4-7-17/h2-8,11,15H,9-10,12-14H2,1H3,(H,23,26). The first-order chi connectivity index (χ1) is 13.7. The third-order valence-corrected chi connectivity index (χ3v) is 5.84. The van der Waals surface area contributed by atoms with E-state index in [1.807, 2.05) is 42.5 Å². The summed E-state index contributed by atoms with van der Waals surface area (Å²) in [5.41, 5.74) is 4.39. The van der Waals surface area contributed by atoms with Crippen molar-refractivity contribution in [3.05, 3.63) is 81.7 Å². The second-order valence-corrected chi connectivity index (χ2v) is 7.92. The van der Waals surface area contributed by atoms with E-state index in [1.54, 1.807) is 17.6 Å². The summed E-state index contributed by atoms with van der Waals surface area (Å²) in [6, 6.07) is 13.2. The van der Waals surface area contributed by atoms with Crippen LogP contribution in [0.25, 0.3) is 5.57 Å². The molecule has 0 bridgehead atoms. The van der Waals surface area contributed by atoms with E-state index in [9.17, 15) is 4.79 Å².